The molecule has 4 rings (SSSR count). The molecule has 1 amide bonds. The van der Waals surface area contributed by atoms with Gasteiger partial charge in [0, 0.05) is 37.6 Å². The molecule has 0 aliphatic carbocycles. The molecule has 0 spiro atoms. The Hall–Kier alpha value is -2.19. The largest absolute Gasteiger partial charge is 0.427 e. The number of nitrogens with one attached hydrogen (secondary N) is 1. The van der Waals surface area contributed by atoms with Gasteiger partial charge in [-0.1, -0.05) is 0 Å². The zero-order chi connectivity index (χ0) is 19.5. The average Bonchev–Trinajstić information content (AvgIpc) is 3.38. The molecule has 0 radical (unpaired) electrons. The summed E-state index contributed by atoms with van der Waals surface area (Å²) in [6.07, 6.45) is 4.06. The molecular formula is C20H25N3O4S. The number of aromatic nitrogens is 1. The maximum absolute atomic E-state index is 12.6. The van der Waals surface area contributed by atoms with Gasteiger partial charge in [0.1, 0.15) is 11.3 Å². The van der Waals surface area contributed by atoms with Crippen LogP contribution in [0.25, 0.3) is 0 Å². The molecule has 2 fully saturated rings. The third-order valence-corrected chi connectivity index (χ3v) is 6.32. The van der Waals surface area contributed by atoms with E-state index < -0.39 is 11.5 Å². The number of hydrogen-bond acceptors (Lipinski definition) is 7. The number of carbonyl (C=O) groups is 1. The summed E-state index contributed by atoms with van der Waals surface area (Å²) in [6.45, 7) is 5.50. The van der Waals surface area contributed by atoms with Crippen molar-refractivity contribution in [2.45, 2.75) is 45.1 Å². The lowest BCUT2D eigenvalue weighted by atomic mass is 9.95. The van der Waals surface area contributed by atoms with E-state index in [1.807, 2.05) is 11.4 Å². The van der Waals surface area contributed by atoms with Gasteiger partial charge in [-0.05, 0) is 44.2 Å². The number of aryl methyl sites for hydroxylation is 1. The average molecular weight is 404 g/mol. The highest BCUT2D eigenvalue weighted by Crippen LogP contribution is 2.27. The fourth-order valence-electron chi connectivity index (χ4n) is 3.78. The van der Waals surface area contributed by atoms with Crippen LogP contribution in [0.1, 0.15) is 59.0 Å². The number of amides is 1. The molecule has 4 heterocycles. The van der Waals surface area contributed by atoms with Gasteiger partial charge in [0.05, 0.1) is 12.2 Å². The predicted octanol–water partition coefficient (Wildman–Crippen LogP) is 2.83. The zero-order valence-electron chi connectivity index (χ0n) is 16.0. The van der Waals surface area contributed by atoms with Gasteiger partial charge in [-0.2, -0.15) is 0 Å². The number of nitrogens with zero attached hydrogens (tertiary/aromatic N) is 2. The highest BCUT2D eigenvalue weighted by molar-refractivity contribution is 7.13. The van der Waals surface area contributed by atoms with Gasteiger partial charge in [0.15, 0.2) is 5.13 Å². The van der Waals surface area contributed by atoms with Crippen LogP contribution in [0.4, 0.5) is 5.13 Å². The van der Waals surface area contributed by atoms with Crippen molar-refractivity contribution in [3.05, 3.63) is 44.4 Å². The van der Waals surface area contributed by atoms with Gasteiger partial charge in [-0.25, -0.2) is 9.78 Å². The minimum Gasteiger partial charge on any atom is -0.427 e. The Bertz CT molecular complexity index is 895. The molecule has 150 valence electrons. The molecule has 0 bridgehead atoms. The summed E-state index contributed by atoms with van der Waals surface area (Å²) in [5, 5.41) is 5.76. The summed E-state index contributed by atoms with van der Waals surface area (Å²) in [5.41, 5.74) is 0.952. The molecule has 2 aliphatic heterocycles. The lowest BCUT2D eigenvalue weighted by Crippen LogP contribution is -2.30. The maximum Gasteiger partial charge on any atom is 0.349 e. The first kappa shape index (κ1) is 19.1. The first-order valence-electron chi connectivity index (χ1n) is 9.82. The topological polar surface area (TPSA) is 84.7 Å². The molecule has 0 saturated carbocycles. The normalized spacial score (nSPS) is 17.8. The van der Waals surface area contributed by atoms with Crippen molar-refractivity contribution in [3.63, 3.8) is 0 Å². The fourth-order valence-corrected chi connectivity index (χ4v) is 4.66. The molecule has 28 heavy (non-hydrogen) atoms. The monoisotopic (exact) mass is 403 g/mol. The quantitative estimate of drug-likeness (QED) is 0.826. The Kier molecular flexibility index (Phi) is 5.77. The van der Waals surface area contributed by atoms with Crippen LogP contribution in [0.2, 0.25) is 0 Å². The Morgan fingerprint density at radius 3 is 2.79 bits per heavy atom. The van der Waals surface area contributed by atoms with Gasteiger partial charge in [-0.3, -0.25) is 4.79 Å². The van der Waals surface area contributed by atoms with Crippen molar-refractivity contribution >= 4 is 22.4 Å². The van der Waals surface area contributed by atoms with Gasteiger partial charge < -0.3 is 19.4 Å². The summed E-state index contributed by atoms with van der Waals surface area (Å²) in [6, 6.07) is 1.82. The zero-order valence-corrected chi connectivity index (χ0v) is 16.8. The number of rotatable bonds is 5. The summed E-state index contributed by atoms with van der Waals surface area (Å²) in [4.78, 5) is 31.9. The van der Waals surface area contributed by atoms with Crippen LogP contribution in [0, 0.1) is 6.92 Å². The molecule has 0 atom stereocenters. The molecule has 2 saturated heterocycles. The Balaban J connectivity index is 1.42. The van der Waals surface area contributed by atoms with Crippen molar-refractivity contribution < 1.29 is 13.9 Å². The van der Waals surface area contributed by atoms with E-state index in [9.17, 15) is 9.59 Å². The molecule has 8 heteroatoms. The smallest absolute Gasteiger partial charge is 0.349 e. The minimum absolute atomic E-state index is 0.0748. The molecule has 1 N–H and O–H groups in total. The van der Waals surface area contributed by atoms with Crippen molar-refractivity contribution in [2.75, 3.05) is 31.2 Å². The molecule has 2 aliphatic rings. The predicted molar refractivity (Wildman–Crippen MR) is 107 cm³/mol. The van der Waals surface area contributed by atoms with Crippen LogP contribution < -0.4 is 15.8 Å². The summed E-state index contributed by atoms with van der Waals surface area (Å²) in [5.74, 6) is 0.411. The van der Waals surface area contributed by atoms with Crippen LogP contribution in [0.5, 0.6) is 0 Å². The van der Waals surface area contributed by atoms with Crippen molar-refractivity contribution in [2.24, 2.45) is 0 Å². The van der Waals surface area contributed by atoms with Crippen LogP contribution in [-0.2, 0) is 11.3 Å². The number of ether oxygens (including phenoxy) is 1. The SMILES string of the molecule is Cc1cc(C2CCOCC2)oc(=O)c1C(=O)NCc1csc(N2CCCC2)n1. The molecule has 7 nitrogen and oxygen atoms in total. The molecular weight excluding hydrogens is 378 g/mol. The summed E-state index contributed by atoms with van der Waals surface area (Å²) >= 11 is 1.59. The highest BCUT2D eigenvalue weighted by atomic mass is 32.1. The standard InChI is InChI=1S/C20H25N3O4S/c1-13-10-16(14-4-8-26-9-5-14)27-19(25)17(13)18(24)21-11-15-12-28-20(22-15)23-6-2-3-7-23/h10,12,14H,2-9,11H2,1H3,(H,21,24). The second-order valence-corrected chi connectivity index (χ2v) is 8.22. The van der Waals surface area contributed by atoms with Crippen LogP contribution in [-0.4, -0.2) is 37.2 Å². The lowest BCUT2D eigenvalue weighted by Gasteiger charge is -2.21. The summed E-state index contributed by atoms with van der Waals surface area (Å²) < 4.78 is 10.8. The van der Waals surface area contributed by atoms with E-state index in [2.05, 4.69) is 15.2 Å². The summed E-state index contributed by atoms with van der Waals surface area (Å²) in [7, 11) is 0. The van der Waals surface area contributed by atoms with Gasteiger partial charge in [0.2, 0.25) is 0 Å². The van der Waals surface area contributed by atoms with Gasteiger partial charge >= 0.3 is 5.63 Å². The Morgan fingerprint density at radius 1 is 1.32 bits per heavy atom. The van der Waals surface area contributed by atoms with E-state index in [-0.39, 0.29) is 11.5 Å². The van der Waals surface area contributed by atoms with E-state index in [1.165, 1.54) is 12.8 Å². The van der Waals surface area contributed by atoms with E-state index in [0.717, 1.165) is 36.8 Å². The van der Waals surface area contributed by atoms with Gasteiger partial charge in [-0.15, -0.1) is 11.3 Å². The Morgan fingerprint density at radius 2 is 2.07 bits per heavy atom. The molecule has 2 aromatic heterocycles. The van der Waals surface area contributed by atoms with Gasteiger partial charge in [0.25, 0.3) is 5.91 Å². The second-order valence-electron chi connectivity index (χ2n) is 7.38. The first-order valence-corrected chi connectivity index (χ1v) is 10.7. The van der Waals surface area contributed by atoms with Crippen molar-refractivity contribution in [1.29, 1.82) is 0 Å². The Labute approximate surface area is 167 Å². The number of hydrogen-bond donors (Lipinski definition) is 1. The first-order chi connectivity index (χ1) is 13.6. The number of anilines is 1. The second kappa shape index (κ2) is 8.45. The lowest BCUT2D eigenvalue weighted by molar-refractivity contribution is 0.0795. The molecule has 2 aromatic rings. The molecule has 0 aromatic carbocycles. The van der Waals surface area contributed by atoms with Crippen molar-refractivity contribution in [3.8, 4) is 0 Å². The minimum atomic E-state index is -0.574. The van der Waals surface area contributed by atoms with Crippen LogP contribution in [0.15, 0.2) is 20.7 Å². The van der Waals surface area contributed by atoms with E-state index >= 15 is 0 Å². The fraction of sp³-hybridized carbons (Fsp3) is 0.550. The van der Waals surface area contributed by atoms with Crippen molar-refractivity contribution in [1.82, 2.24) is 10.3 Å². The van der Waals surface area contributed by atoms with Crippen LogP contribution >= 0.6 is 11.3 Å². The maximum atomic E-state index is 12.6. The third-order valence-electron chi connectivity index (χ3n) is 5.36. The van der Waals surface area contributed by atoms with E-state index in [4.69, 9.17) is 9.15 Å². The highest BCUT2D eigenvalue weighted by Gasteiger charge is 2.23. The van der Waals surface area contributed by atoms with E-state index in [1.54, 1.807) is 18.3 Å². The molecule has 0 unspecified atom stereocenters. The van der Waals surface area contributed by atoms with E-state index in [0.29, 0.717) is 31.1 Å². The number of thiazole rings is 1. The number of carbonyl (C=O) groups excluding carboxylic acids is 1. The van der Waals surface area contributed by atoms with Crippen LogP contribution in [0.3, 0.4) is 0 Å². The third kappa shape index (κ3) is 4.12.